The summed E-state index contributed by atoms with van der Waals surface area (Å²) in [6.45, 7) is 7.38. The van der Waals surface area contributed by atoms with E-state index in [1.165, 1.54) is 38.5 Å². The van der Waals surface area contributed by atoms with E-state index in [1.54, 1.807) is 0 Å². The Bertz CT molecular complexity index is 263. The van der Waals surface area contributed by atoms with Crippen LogP contribution in [0.1, 0.15) is 65.2 Å². The maximum Gasteiger partial charge on any atom is 0.0593 e. The molecule has 2 unspecified atom stereocenters. The van der Waals surface area contributed by atoms with E-state index >= 15 is 0 Å². The highest BCUT2D eigenvalue weighted by molar-refractivity contribution is 4.99. The third-order valence-electron chi connectivity index (χ3n) is 5.23. The van der Waals surface area contributed by atoms with Crippen LogP contribution >= 0.6 is 0 Å². The Hall–Kier alpha value is -0.120. The van der Waals surface area contributed by atoms with Gasteiger partial charge in [-0.3, -0.25) is 4.90 Å². The second-order valence-corrected chi connectivity index (χ2v) is 6.39. The molecule has 0 aromatic heterocycles. The summed E-state index contributed by atoms with van der Waals surface area (Å²) in [4.78, 5) is 2.74. The van der Waals surface area contributed by atoms with Crippen molar-refractivity contribution in [1.82, 2.24) is 4.90 Å². The molecule has 0 aromatic rings. The zero-order valence-electron chi connectivity index (χ0n) is 12.9. The largest absolute Gasteiger partial charge is 0.378 e. The van der Waals surface area contributed by atoms with E-state index in [1.807, 2.05) is 0 Å². The van der Waals surface area contributed by atoms with E-state index < -0.39 is 0 Å². The molecular weight excluding hydrogens is 236 g/mol. The number of nitrogens with two attached hydrogens (primary N) is 1. The highest BCUT2D eigenvalue weighted by Gasteiger charge is 2.43. The molecule has 0 aromatic carbocycles. The van der Waals surface area contributed by atoms with Crippen molar-refractivity contribution >= 4 is 0 Å². The summed E-state index contributed by atoms with van der Waals surface area (Å²) in [6.07, 6.45) is 10.6. The summed E-state index contributed by atoms with van der Waals surface area (Å²) >= 11 is 0. The molecular formula is C16H32N2O. The van der Waals surface area contributed by atoms with E-state index in [0.29, 0.717) is 6.10 Å². The SMILES string of the molecule is CCCC1CC(CN)(N(CC)C2CCCC2)CCO1. The Kier molecular flexibility index (Phi) is 5.67. The van der Waals surface area contributed by atoms with Gasteiger partial charge in [-0.15, -0.1) is 0 Å². The van der Waals surface area contributed by atoms with Crippen molar-refractivity contribution in [2.75, 3.05) is 19.7 Å². The molecule has 1 aliphatic carbocycles. The number of hydrogen-bond donors (Lipinski definition) is 1. The van der Waals surface area contributed by atoms with Crippen LogP contribution in [0.3, 0.4) is 0 Å². The Balaban J connectivity index is 2.09. The molecule has 2 aliphatic rings. The van der Waals surface area contributed by atoms with Gasteiger partial charge in [0.25, 0.3) is 0 Å². The number of hydrogen-bond acceptors (Lipinski definition) is 3. The molecule has 2 atom stereocenters. The van der Waals surface area contributed by atoms with Gasteiger partial charge in [0.2, 0.25) is 0 Å². The summed E-state index contributed by atoms with van der Waals surface area (Å²) in [6, 6.07) is 0.772. The van der Waals surface area contributed by atoms with Crippen molar-refractivity contribution in [3.05, 3.63) is 0 Å². The summed E-state index contributed by atoms with van der Waals surface area (Å²) in [5.41, 5.74) is 6.45. The molecule has 3 nitrogen and oxygen atoms in total. The van der Waals surface area contributed by atoms with Crippen molar-refractivity contribution in [2.45, 2.75) is 82.9 Å². The fourth-order valence-electron chi connectivity index (χ4n) is 4.27. The van der Waals surface area contributed by atoms with Gasteiger partial charge in [0.1, 0.15) is 0 Å². The first-order valence-corrected chi connectivity index (χ1v) is 8.34. The monoisotopic (exact) mass is 268 g/mol. The number of nitrogens with zero attached hydrogens (tertiary/aromatic N) is 1. The normalized spacial score (nSPS) is 33.2. The van der Waals surface area contributed by atoms with Gasteiger partial charge >= 0.3 is 0 Å². The number of rotatable bonds is 6. The maximum absolute atomic E-state index is 6.24. The Morgan fingerprint density at radius 2 is 2.00 bits per heavy atom. The summed E-state index contributed by atoms with van der Waals surface area (Å²) < 4.78 is 5.95. The number of likely N-dealkylation sites (N-methyl/N-ethyl adjacent to an activating group) is 1. The molecule has 2 rings (SSSR count). The van der Waals surface area contributed by atoms with Crippen LogP contribution in [0.4, 0.5) is 0 Å². The molecule has 3 heteroatoms. The molecule has 112 valence electrons. The standard InChI is InChI=1S/C16H32N2O/c1-3-7-15-12-16(13-17,10-11-19-15)18(4-2)14-8-5-6-9-14/h14-15H,3-13,17H2,1-2H3. The zero-order valence-corrected chi connectivity index (χ0v) is 12.9. The van der Waals surface area contributed by atoms with Gasteiger partial charge < -0.3 is 10.5 Å². The first-order valence-electron chi connectivity index (χ1n) is 8.34. The van der Waals surface area contributed by atoms with E-state index in [2.05, 4.69) is 18.7 Å². The average molecular weight is 268 g/mol. The zero-order chi connectivity index (χ0) is 13.7. The van der Waals surface area contributed by atoms with Crippen molar-refractivity contribution < 1.29 is 4.74 Å². The molecule has 0 bridgehead atoms. The molecule has 1 aliphatic heterocycles. The Labute approximate surface area is 118 Å². The van der Waals surface area contributed by atoms with Crippen molar-refractivity contribution in [2.24, 2.45) is 5.73 Å². The first kappa shape index (κ1) is 15.3. The molecule has 1 saturated heterocycles. The van der Waals surface area contributed by atoms with Crippen LogP contribution < -0.4 is 5.73 Å². The Morgan fingerprint density at radius 1 is 1.26 bits per heavy atom. The van der Waals surface area contributed by atoms with E-state index in [9.17, 15) is 0 Å². The van der Waals surface area contributed by atoms with Crippen molar-refractivity contribution in [3.8, 4) is 0 Å². The lowest BCUT2D eigenvalue weighted by Gasteiger charge is -2.50. The second kappa shape index (κ2) is 7.05. The van der Waals surface area contributed by atoms with E-state index in [-0.39, 0.29) is 5.54 Å². The summed E-state index contributed by atoms with van der Waals surface area (Å²) in [5, 5.41) is 0. The quantitative estimate of drug-likeness (QED) is 0.805. The van der Waals surface area contributed by atoms with Gasteiger partial charge in [-0.25, -0.2) is 0 Å². The van der Waals surface area contributed by atoms with Crippen LogP contribution in [0.25, 0.3) is 0 Å². The third-order valence-corrected chi connectivity index (χ3v) is 5.23. The predicted molar refractivity (Wildman–Crippen MR) is 80.3 cm³/mol. The summed E-state index contributed by atoms with van der Waals surface area (Å²) in [7, 11) is 0. The summed E-state index contributed by atoms with van der Waals surface area (Å²) in [5.74, 6) is 0. The van der Waals surface area contributed by atoms with Gasteiger partial charge in [-0.1, -0.05) is 33.1 Å². The van der Waals surface area contributed by atoms with Crippen LogP contribution in [0, 0.1) is 0 Å². The second-order valence-electron chi connectivity index (χ2n) is 6.39. The third kappa shape index (κ3) is 3.32. The lowest BCUT2D eigenvalue weighted by atomic mass is 9.82. The van der Waals surface area contributed by atoms with Gasteiger partial charge in [-0.05, 0) is 38.6 Å². The van der Waals surface area contributed by atoms with Crippen molar-refractivity contribution in [1.29, 1.82) is 0 Å². The number of ether oxygens (including phenoxy) is 1. The van der Waals surface area contributed by atoms with Crippen molar-refractivity contribution in [3.63, 3.8) is 0 Å². The molecule has 0 amide bonds. The molecule has 0 spiro atoms. The topological polar surface area (TPSA) is 38.5 Å². The van der Waals surface area contributed by atoms with Crippen LogP contribution in [-0.4, -0.2) is 42.3 Å². The molecule has 2 fully saturated rings. The molecule has 19 heavy (non-hydrogen) atoms. The van der Waals surface area contributed by atoms with Crippen LogP contribution in [-0.2, 0) is 4.74 Å². The fraction of sp³-hybridized carbons (Fsp3) is 1.00. The average Bonchev–Trinajstić information content (AvgIpc) is 2.94. The minimum Gasteiger partial charge on any atom is -0.378 e. The first-order chi connectivity index (χ1) is 9.25. The van der Waals surface area contributed by atoms with Crippen LogP contribution in [0.15, 0.2) is 0 Å². The minimum atomic E-state index is 0.210. The van der Waals surface area contributed by atoms with E-state index in [0.717, 1.165) is 38.6 Å². The minimum absolute atomic E-state index is 0.210. The van der Waals surface area contributed by atoms with Crippen LogP contribution in [0.2, 0.25) is 0 Å². The molecule has 0 radical (unpaired) electrons. The highest BCUT2D eigenvalue weighted by atomic mass is 16.5. The molecule has 2 N–H and O–H groups in total. The lowest BCUT2D eigenvalue weighted by molar-refractivity contribution is -0.0841. The maximum atomic E-state index is 6.24. The predicted octanol–water partition coefficient (Wildman–Crippen LogP) is 2.93. The Morgan fingerprint density at radius 3 is 2.58 bits per heavy atom. The fourth-order valence-corrected chi connectivity index (χ4v) is 4.27. The lowest BCUT2D eigenvalue weighted by Crippen LogP contribution is -2.61. The van der Waals surface area contributed by atoms with Gasteiger partial charge in [0.05, 0.1) is 6.10 Å². The van der Waals surface area contributed by atoms with Crippen LogP contribution in [0.5, 0.6) is 0 Å². The van der Waals surface area contributed by atoms with Gasteiger partial charge in [-0.2, -0.15) is 0 Å². The smallest absolute Gasteiger partial charge is 0.0593 e. The molecule has 1 saturated carbocycles. The van der Waals surface area contributed by atoms with Gasteiger partial charge in [0.15, 0.2) is 0 Å². The van der Waals surface area contributed by atoms with E-state index in [4.69, 9.17) is 10.5 Å². The highest BCUT2D eigenvalue weighted by Crippen LogP contribution is 2.37. The van der Waals surface area contributed by atoms with Gasteiger partial charge in [0, 0.05) is 24.7 Å². The molecule has 1 heterocycles.